The molecular weight excluding hydrogens is 410 g/mol. The maximum atomic E-state index is 13.0. The number of ether oxygens (including phenoxy) is 1. The van der Waals surface area contributed by atoms with Crippen LogP contribution in [-0.4, -0.2) is 28.9 Å². The largest absolute Gasteiger partial charge is 0.497 e. The SMILES string of the molecule is COc1ccc(Nc2nc3c(c(=O)[nH]2)C(C(=O)Nc2ccc(C)cc2C)CC(=O)N3)cc1. The van der Waals surface area contributed by atoms with E-state index in [1.54, 1.807) is 37.4 Å². The van der Waals surface area contributed by atoms with Crippen molar-refractivity contribution in [3.8, 4) is 5.75 Å². The molecule has 1 unspecified atom stereocenters. The van der Waals surface area contributed by atoms with E-state index in [1.165, 1.54) is 0 Å². The molecule has 2 amide bonds. The minimum absolute atomic E-state index is 0.0711. The topological polar surface area (TPSA) is 125 Å². The van der Waals surface area contributed by atoms with Crippen molar-refractivity contribution in [3.05, 3.63) is 69.5 Å². The van der Waals surface area contributed by atoms with Gasteiger partial charge in [-0.2, -0.15) is 4.98 Å². The maximum absolute atomic E-state index is 13.0. The molecule has 0 saturated heterocycles. The quantitative estimate of drug-likeness (QED) is 0.490. The fraction of sp³-hybridized carbons (Fsp3) is 0.217. The third kappa shape index (κ3) is 4.31. The van der Waals surface area contributed by atoms with Crippen LogP contribution in [-0.2, 0) is 9.59 Å². The van der Waals surface area contributed by atoms with Crippen molar-refractivity contribution >= 4 is 35.0 Å². The van der Waals surface area contributed by atoms with Crippen molar-refractivity contribution in [2.24, 2.45) is 0 Å². The van der Waals surface area contributed by atoms with Crippen LogP contribution in [0.15, 0.2) is 47.3 Å². The van der Waals surface area contributed by atoms with Gasteiger partial charge in [0.05, 0.1) is 18.6 Å². The van der Waals surface area contributed by atoms with Crippen molar-refractivity contribution in [2.75, 3.05) is 23.1 Å². The summed E-state index contributed by atoms with van der Waals surface area (Å²) in [7, 11) is 1.57. The number of aromatic amines is 1. The molecule has 9 nitrogen and oxygen atoms in total. The van der Waals surface area contributed by atoms with Gasteiger partial charge in [0.25, 0.3) is 5.56 Å². The number of nitrogens with one attached hydrogen (secondary N) is 4. The molecule has 9 heteroatoms. The first-order valence-corrected chi connectivity index (χ1v) is 10.1. The molecular formula is C23H23N5O4. The zero-order chi connectivity index (χ0) is 22.8. The highest BCUT2D eigenvalue weighted by molar-refractivity contribution is 6.04. The number of hydrogen-bond donors (Lipinski definition) is 4. The molecule has 0 radical (unpaired) electrons. The lowest BCUT2D eigenvalue weighted by Gasteiger charge is -2.24. The molecule has 1 aliphatic rings. The van der Waals surface area contributed by atoms with Crippen molar-refractivity contribution in [3.63, 3.8) is 0 Å². The number of amides is 2. The molecule has 164 valence electrons. The van der Waals surface area contributed by atoms with E-state index in [0.29, 0.717) is 17.1 Å². The highest BCUT2D eigenvalue weighted by Crippen LogP contribution is 2.30. The van der Waals surface area contributed by atoms with Gasteiger partial charge in [0.15, 0.2) is 0 Å². The average molecular weight is 433 g/mol. The number of nitrogens with zero attached hydrogens (tertiary/aromatic N) is 1. The van der Waals surface area contributed by atoms with E-state index in [1.807, 2.05) is 26.0 Å². The summed E-state index contributed by atoms with van der Waals surface area (Å²) in [6.45, 7) is 3.85. The van der Waals surface area contributed by atoms with Crippen LogP contribution in [0.2, 0.25) is 0 Å². The van der Waals surface area contributed by atoms with Crippen molar-refractivity contribution in [1.29, 1.82) is 0 Å². The van der Waals surface area contributed by atoms with E-state index in [0.717, 1.165) is 11.1 Å². The smallest absolute Gasteiger partial charge is 0.258 e. The summed E-state index contributed by atoms with van der Waals surface area (Å²) in [6, 6.07) is 12.7. The number of carbonyl (C=O) groups excluding carboxylic acids is 2. The molecule has 1 atom stereocenters. The van der Waals surface area contributed by atoms with Crippen LogP contribution >= 0.6 is 0 Å². The van der Waals surface area contributed by atoms with Gasteiger partial charge in [0, 0.05) is 17.8 Å². The molecule has 0 spiro atoms. The summed E-state index contributed by atoms with van der Waals surface area (Å²) in [5, 5.41) is 8.42. The third-order valence-corrected chi connectivity index (χ3v) is 5.26. The summed E-state index contributed by atoms with van der Waals surface area (Å²) in [4.78, 5) is 45.1. The van der Waals surface area contributed by atoms with Crippen molar-refractivity contribution in [1.82, 2.24) is 9.97 Å². The van der Waals surface area contributed by atoms with Crippen LogP contribution in [0.4, 0.5) is 23.1 Å². The summed E-state index contributed by atoms with van der Waals surface area (Å²) < 4.78 is 5.13. The molecule has 4 N–H and O–H groups in total. The van der Waals surface area contributed by atoms with Crippen LogP contribution in [0.5, 0.6) is 5.75 Å². The number of H-pyrrole nitrogens is 1. The first-order valence-electron chi connectivity index (χ1n) is 10.1. The number of methoxy groups -OCH3 is 1. The number of anilines is 4. The highest BCUT2D eigenvalue weighted by atomic mass is 16.5. The molecule has 0 fully saturated rings. The Morgan fingerprint density at radius 2 is 1.88 bits per heavy atom. The molecule has 32 heavy (non-hydrogen) atoms. The number of aryl methyl sites for hydroxylation is 2. The van der Waals surface area contributed by atoms with Gasteiger partial charge in [-0.1, -0.05) is 17.7 Å². The number of rotatable bonds is 5. The van der Waals surface area contributed by atoms with Gasteiger partial charge < -0.3 is 20.7 Å². The second-order valence-corrected chi connectivity index (χ2v) is 7.64. The molecule has 2 heterocycles. The van der Waals surface area contributed by atoms with Gasteiger partial charge in [0.2, 0.25) is 17.8 Å². The van der Waals surface area contributed by atoms with E-state index < -0.39 is 17.4 Å². The predicted molar refractivity (Wildman–Crippen MR) is 122 cm³/mol. The van der Waals surface area contributed by atoms with Gasteiger partial charge in [0.1, 0.15) is 11.6 Å². The van der Waals surface area contributed by atoms with Crippen molar-refractivity contribution in [2.45, 2.75) is 26.2 Å². The normalized spacial score (nSPS) is 14.8. The lowest BCUT2D eigenvalue weighted by molar-refractivity contribution is -0.123. The Morgan fingerprint density at radius 3 is 2.56 bits per heavy atom. The molecule has 0 saturated carbocycles. The fourth-order valence-electron chi connectivity index (χ4n) is 3.64. The minimum atomic E-state index is -0.953. The Balaban J connectivity index is 1.62. The third-order valence-electron chi connectivity index (χ3n) is 5.26. The molecule has 2 aromatic carbocycles. The van der Waals surface area contributed by atoms with Gasteiger partial charge in [-0.15, -0.1) is 0 Å². The molecule has 1 aliphatic heterocycles. The predicted octanol–water partition coefficient (Wildman–Crippen LogP) is 3.20. The van der Waals surface area contributed by atoms with E-state index >= 15 is 0 Å². The molecule has 0 bridgehead atoms. The number of hydrogen-bond acceptors (Lipinski definition) is 6. The van der Waals surface area contributed by atoms with Crippen LogP contribution in [0.25, 0.3) is 0 Å². The Hall–Kier alpha value is -4.14. The average Bonchev–Trinajstić information content (AvgIpc) is 2.75. The van der Waals surface area contributed by atoms with E-state index in [2.05, 4.69) is 25.9 Å². The number of carbonyl (C=O) groups is 2. The zero-order valence-corrected chi connectivity index (χ0v) is 17.9. The summed E-state index contributed by atoms with van der Waals surface area (Å²) in [6.07, 6.45) is -0.139. The first kappa shape index (κ1) is 21.1. The minimum Gasteiger partial charge on any atom is -0.497 e. The molecule has 3 aromatic rings. The van der Waals surface area contributed by atoms with E-state index in [4.69, 9.17) is 4.74 Å². The Morgan fingerprint density at radius 1 is 1.12 bits per heavy atom. The fourth-order valence-corrected chi connectivity index (χ4v) is 3.64. The number of aromatic nitrogens is 2. The summed E-state index contributed by atoms with van der Waals surface area (Å²) >= 11 is 0. The van der Waals surface area contributed by atoms with Crippen LogP contribution < -0.4 is 26.2 Å². The summed E-state index contributed by atoms with van der Waals surface area (Å²) in [5.74, 6) is -0.863. The van der Waals surface area contributed by atoms with Crippen LogP contribution in [0, 0.1) is 13.8 Å². The standard InChI is InChI=1S/C23H23N5O4/c1-12-4-9-17(13(2)10-12)25-21(30)16-11-18(29)26-20-19(16)22(31)28-23(27-20)24-14-5-7-15(32-3)8-6-14/h4-10,16H,11H2,1-3H3,(H,25,30)(H3,24,26,27,28,29,31). The Bertz CT molecular complexity index is 1250. The first-order chi connectivity index (χ1) is 15.3. The number of fused-ring (bicyclic) bond motifs is 1. The lowest BCUT2D eigenvalue weighted by Crippen LogP contribution is -2.36. The van der Waals surface area contributed by atoms with Crippen molar-refractivity contribution < 1.29 is 14.3 Å². The second kappa shape index (κ2) is 8.54. The van der Waals surface area contributed by atoms with Gasteiger partial charge in [-0.25, -0.2) is 0 Å². The van der Waals surface area contributed by atoms with E-state index in [-0.39, 0.29) is 29.7 Å². The van der Waals surface area contributed by atoms with E-state index in [9.17, 15) is 14.4 Å². The van der Waals surface area contributed by atoms with Gasteiger partial charge >= 0.3 is 0 Å². The maximum Gasteiger partial charge on any atom is 0.258 e. The Labute approximate surface area is 184 Å². The molecule has 4 rings (SSSR count). The lowest BCUT2D eigenvalue weighted by atomic mass is 9.92. The highest BCUT2D eigenvalue weighted by Gasteiger charge is 2.35. The summed E-state index contributed by atoms with van der Waals surface area (Å²) in [5.41, 5.74) is 2.90. The second-order valence-electron chi connectivity index (χ2n) is 7.64. The monoisotopic (exact) mass is 433 g/mol. The van der Waals surface area contributed by atoms with Gasteiger partial charge in [-0.3, -0.25) is 19.4 Å². The van der Waals surface area contributed by atoms with Crippen LogP contribution in [0.3, 0.4) is 0 Å². The zero-order valence-electron chi connectivity index (χ0n) is 17.9. The Kier molecular flexibility index (Phi) is 5.63. The molecule has 0 aliphatic carbocycles. The number of benzene rings is 2. The molecule has 1 aromatic heterocycles. The van der Waals surface area contributed by atoms with Gasteiger partial charge in [-0.05, 0) is 49.7 Å². The van der Waals surface area contributed by atoms with Crippen LogP contribution in [0.1, 0.15) is 29.0 Å².